The molecule has 1 aromatic heterocycles. The molecule has 0 spiro atoms. The van der Waals surface area contributed by atoms with Gasteiger partial charge in [0.25, 0.3) is 0 Å². The van der Waals surface area contributed by atoms with Gasteiger partial charge in [0, 0.05) is 28.9 Å². The molecule has 0 aliphatic carbocycles. The Kier molecular flexibility index (Phi) is 4.62. The van der Waals surface area contributed by atoms with Crippen LogP contribution in [-0.4, -0.2) is 5.11 Å². The van der Waals surface area contributed by atoms with E-state index in [1.807, 2.05) is 31.2 Å². The van der Waals surface area contributed by atoms with Crippen LogP contribution in [0.15, 0.2) is 57.7 Å². The van der Waals surface area contributed by atoms with Crippen LogP contribution in [0, 0.1) is 6.92 Å². The summed E-state index contributed by atoms with van der Waals surface area (Å²) < 4.78 is 5.25. The zero-order chi connectivity index (χ0) is 17.1. The van der Waals surface area contributed by atoms with Crippen molar-refractivity contribution < 1.29 is 4.42 Å². The molecule has 0 aliphatic heterocycles. The Morgan fingerprint density at radius 3 is 2.58 bits per heavy atom. The van der Waals surface area contributed by atoms with Gasteiger partial charge >= 0.3 is 5.63 Å². The summed E-state index contributed by atoms with van der Waals surface area (Å²) >= 11 is 5.36. The number of hydrogen-bond acceptors (Lipinski definition) is 3. The largest absolute Gasteiger partial charge is 0.423 e. The molecule has 0 saturated carbocycles. The molecule has 0 aliphatic rings. The lowest BCUT2D eigenvalue weighted by molar-refractivity contribution is 0.560. The summed E-state index contributed by atoms with van der Waals surface area (Å²) in [7, 11) is 0. The molecule has 0 saturated heterocycles. The monoisotopic (exact) mass is 338 g/mol. The van der Waals surface area contributed by atoms with E-state index in [-0.39, 0.29) is 5.63 Å². The maximum atomic E-state index is 11.5. The van der Waals surface area contributed by atoms with Crippen molar-refractivity contribution in [2.75, 3.05) is 10.6 Å². The summed E-state index contributed by atoms with van der Waals surface area (Å²) in [4.78, 5) is 11.5. The van der Waals surface area contributed by atoms with E-state index in [0.29, 0.717) is 10.7 Å². The first kappa shape index (κ1) is 16.2. The van der Waals surface area contributed by atoms with Crippen LogP contribution in [0.4, 0.5) is 11.4 Å². The predicted molar refractivity (Wildman–Crippen MR) is 103 cm³/mol. The van der Waals surface area contributed by atoms with E-state index >= 15 is 0 Å². The van der Waals surface area contributed by atoms with Gasteiger partial charge in [0.05, 0.1) is 0 Å². The number of benzene rings is 2. The molecular weight excluding hydrogens is 320 g/mol. The number of aryl methyl sites for hydroxylation is 2. The zero-order valence-corrected chi connectivity index (χ0v) is 14.4. The number of thiocarbonyl (C=S) groups is 1. The maximum absolute atomic E-state index is 11.5. The lowest BCUT2D eigenvalue weighted by Gasteiger charge is -2.12. The highest BCUT2D eigenvalue weighted by Gasteiger charge is 2.05. The highest BCUT2D eigenvalue weighted by Crippen LogP contribution is 2.21. The molecule has 0 bridgehead atoms. The Morgan fingerprint density at radius 2 is 1.83 bits per heavy atom. The second-order valence-electron chi connectivity index (χ2n) is 5.59. The van der Waals surface area contributed by atoms with Crippen LogP contribution in [0.1, 0.15) is 18.1 Å². The highest BCUT2D eigenvalue weighted by atomic mass is 32.1. The second kappa shape index (κ2) is 6.84. The van der Waals surface area contributed by atoms with Gasteiger partial charge in [0.15, 0.2) is 5.11 Å². The lowest BCUT2D eigenvalue weighted by Crippen LogP contribution is -2.19. The fourth-order valence-corrected chi connectivity index (χ4v) is 2.80. The van der Waals surface area contributed by atoms with Gasteiger partial charge in [-0.3, -0.25) is 0 Å². The fraction of sp³-hybridized carbons (Fsp3) is 0.158. The quantitative estimate of drug-likeness (QED) is 0.545. The van der Waals surface area contributed by atoms with Gasteiger partial charge in [-0.2, -0.15) is 0 Å². The Hall–Kier alpha value is -2.66. The van der Waals surface area contributed by atoms with Crippen molar-refractivity contribution in [2.24, 2.45) is 0 Å². The summed E-state index contributed by atoms with van der Waals surface area (Å²) in [6.45, 7) is 4.00. The van der Waals surface area contributed by atoms with E-state index in [2.05, 4.69) is 29.7 Å². The topological polar surface area (TPSA) is 54.3 Å². The van der Waals surface area contributed by atoms with Crippen LogP contribution in [-0.2, 0) is 6.42 Å². The number of rotatable bonds is 3. The molecule has 2 aromatic carbocycles. The average molecular weight is 338 g/mol. The molecule has 5 heteroatoms. The summed E-state index contributed by atoms with van der Waals surface area (Å²) in [6, 6.07) is 15.2. The second-order valence-corrected chi connectivity index (χ2v) is 6.00. The normalized spacial score (nSPS) is 10.6. The summed E-state index contributed by atoms with van der Waals surface area (Å²) in [5.41, 5.74) is 4.03. The summed E-state index contributed by atoms with van der Waals surface area (Å²) in [6.07, 6.45) is 0.971. The molecule has 0 radical (unpaired) electrons. The van der Waals surface area contributed by atoms with Crippen LogP contribution >= 0.6 is 12.2 Å². The molecule has 0 unspecified atom stereocenters. The summed E-state index contributed by atoms with van der Waals surface area (Å²) in [5, 5.41) is 7.68. The Labute approximate surface area is 145 Å². The molecule has 4 nitrogen and oxygen atoms in total. The first-order valence-corrected chi connectivity index (χ1v) is 8.17. The van der Waals surface area contributed by atoms with Crippen molar-refractivity contribution in [1.82, 2.24) is 0 Å². The number of hydrogen-bond donors (Lipinski definition) is 2. The van der Waals surface area contributed by atoms with Gasteiger partial charge in [-0.25, -0.2) is 4.79 Å². The molecule has 3 aromatic rings. The molecule has 0 amide bonds. The van der Waals surface area contributed by atoms with Crippen LogP contribution < -0.4 is 16.3 Å². The van der Waals surface area contributed by atoms with Crippen molar-refractivity contribution in [3.8, 4) is 0 Å². The molecule has 0 fully saturated rings. The lowest BCUT2D eigenvalue weighted by atomic mass is 10.1. The van der Waals surface area contributed by atoms with E-state index in [1.54, 1.807) is 6.07 Å². The predicted octanol–water partition coefficient (Wildman–Crippen LogP) is 4.47. The van der Waals surface area contributed by atoms with Gasteiger partial charge in [0.1, 0.15) is 5.58 Å². The smallest absolute Gasteiger partial charge is 0.336 e. The third-order valence-electron chi connectivity index (χ3n) is 3.80. The Balaban J connectivity index is 1.78. The average Bonchev–Trinajstić information content (AvgIpc) is 2.54. The minimum Gasteiger partial charge on any atom is -0.423 e. The molecule has 2 N–H and O–H groups in total. The molecule has 1 heterocycles. The van der Waals surface area contributed by atoms with E-state index in [1.165, 1.54) is 11.6 Å². The first-order chi connectivity index (χ1) is 11.5. The van der Waals surface area contributed by atoms with Gasteiger partial charge in [0.2, 0.25) is 0 Å². The van der Waals surface area contributed by atoms with Gasteiger partial charge in [-0.1, -0.05) is 19.1 Å². The van der Waals surface area contributed by atoms with E-state index < -0.39 is 0 Å². The van der Waals surface area contributed by atoms with Crippen molar-refractivity contribution in [1.29, 1.82) is 0 Å². The minimum absolute atomic E-state index is 0.353. The zero-order valence-electron chi connectivity index (χ0n) is 13.6. The van der Waals surface area contributed by atoms with Gasteiger partial charge in [-0.15, -0.1) is 0 Å². The van der Waals surface area contributed by atoms with E-state index in [4.69, 9.17) is 16.6 Å². The minimum atomic E-state index is -0.353. The first-order valence-electron chi connectivity index (χ1n) is 7.76. The molecule has 122 valence electrons. The highest BCUT2D eigenvalue weighted by molar-refractivity contribution is 7.80. The van der Waals surface area contributed by atoms with Crippen LogP contribution in [0.5, 0.6) is 0 Å². The van der Waals surface area contributed by atoms with Crippen molar-refractivity contribution >= 4 is 39.7 Å². The van der Waals surface area contributed by atoms with Crippen molar-refractivity contribution in [2.45, 2.75) is 20.3 Å². The third kappa shape index (κ3) is 3.63. The number of fused-ring (bicyclic) bond motifs is 1. The van der Waals surface area contributed by atoms with Gasteiger partial charge < -0.3 is 15.1 Å². The van der Waals surface area contributed by atoms with Crippen LogP contribution in [0.25, 0.3) is 11.0 Å². The van der Waals surface area contributed by atoms with E-state index in [0.717, 1.165) is 28.7 Å². The third-order valence-corrected chi connectivity index (χ3v) is 4.01. The molecular formula is C19H18N2O2S. The van der Waals surface area contributed by atoms with E-state index in [9.17, 15) is 4.79 Å². The Bertz CT molecular complexity index is 963. The van der Waals surface area contributed by atoms with Crippen molar-refractivity contribution in [3.05, 3.63) is 70.1 Å². The van der Waals surface area contributed by atoms with Crippen molar-refractivity contribution in [3.63, 3.8) is 0 Å². The standard InChI is InChI=1S/C19H18N2O2S/c1-3-13-5-4-6-14(10-13)20-19(24)21-15-7-8-16-12(2)9-18(22)23-17(16)11-15/h4-11H,3H2,1-2H3,(H2,20,21,24). The van der Waals surface area contributed by atoms with Crippen LogP contribution in [0.3, 0.4) is 0 Å². The number of nitrogens with one attached hydrogen (secondary N) is 2. The van der Waals surface area contributed by atoms with Gasteiger partial charge in [-0.05, 0) is 61.0 Å². The Morgan fingerprint density at radius 1 is 1.08 bits per heavy atom. The SMILES string of the molecule is CCc1cccc(NC(=S)Nc2ccc3c(C)cc(=O)oc3c2)c1. The number of anilines is 2. The maximum Gasteiger partial charge on any atom is 0.336 e. The molecule has 3 rings (SSSR count). The fourth-order valence-electron chi connectivity index (χ4n) is 2.57. The van der Waals surface area contributed by atoms with Crippen LogP contribution in [0.2, 0.25) is 0 Å². The molecule has 0 atom stereocenters. The summed E-state index contributed by atoms with van der Waals surface area (Å²) in [5.74, 6) is 0. The molecule has 24 heavy (non-hydrogen) atoms.